The number of halogens is 1. The lowest BCUT2D eigenvalue weighted by Crippen LogP contribution is -2.23. The van der Waals surface area contributed by atoms with Crippen LogP contribution in [0.25, 0.3) is 0 Å². The summed E-state index contributed by atoms with van der Waals surface area (Å²) in [6.07, 6.45) is 0. The minimum absolute atomic E-state index is 0. The average Bonchev–Trinajstić information content (AvgIpc) is 2.99. The number of amides is 1. The van der Waals surface area contributed by atoms with Gasteiger partial charge in [-0.3, -0.25) is 9.69 Å². The number of carbonyl (C=O) groups is 1. The van der Waals surface area contributed by atoms with Crippen molar-refractivity contribution in [3.8, 4) is 0 Å². The van der Waals surface area contributed by atoms with E-state index in [9.17, 15) is 4.79 Å². The molecular formula is C19H24ClN3O. The van der Waals surface area contributed by atoms with Crippen molar-refractivity contribution in [2.45, 2.75) is 12.5 Å². The van der Waals surface area contributed by atoms with Gasteiger partial charge in [0.05, 0.1) is 0 Å². The predicted octanol–water partition coefficient (Wildman–Crippen LogP) is 2.38. The summed E-state index contributed by atoms with van der Waals surface area (Å²) in [6, 6.07) is 18.2. The molecule has 0 radical (unpaired) electrons. The molecule has 4 nitrogen and oxygen atoms in total. The Hall–Kier alpha value is -1.88. The molecule has 1 amide bonds. The molecule has 1 fully saturated rings. The van der Waals surface area contributed by atoms with Gasteiger partial charge >= 0.3 is 0 Å². The second kappa shape index (κ2) is 8.29. The van der Waals surface area contributed by atoms with E-state index in [4.69, 9.17) is 11.5 Å². The fourth-order valence-corrected chi connectivity index (χ4v) is 3.44. The van der Waals surface area contributed by atoms with Crippen LogP contribution in [-0.4, -0.2) is 30.4 Å². The summed E-state index contributed by atoms with van der Waals surface area (Å²) >= 11 is 0. The molecule has 0 spiro atoms. The zero-order valence-electron chi connectivity index (χ0n) is 13.6. The topological polar surface area (TPSA) is 72.3 Å². The molecule has 1 saturated heterocycles. The molecule has 1 heterocycles. The zero-order chi connectivity index (χ0) is 16.2. The lowest BCUT2D eigenvalue weighted by atomic mass is 9.89. The summed E-state index contributed by atoms with van der Waals surface area (Å²) in [5.74, 6) is 0.596. The highest BCUT2D eigenvalue weighted by Crippen LogP contribution is 2.32. The molecule has 5 heteroatoms. The SMILES string of the molecule is Cl.NC[C@@H]1CN(Cc2ccc(C(N)=O)cc2)C[C@H]1c1ccccc1. The first kappa shape index (κ1) is 18.5. The highest BCUT2D eigenvalue weighted by molar-refractivity contribution is 5.92. The number of benzene rings is 2. The van der Waals surface area contributed by atoms with E-state index in [1.54, 1.807) is 12.1 Å². The van der Waals surface area contributed by atoms with Crippen LogP contribution in [0, 0.1) is 5.92 Å². The molecule has 1 aliphatic rings. The minimum atomic E-state index is -0.384. The van der Waals surface area contributed by atoms with Crippen LogP contribution in [0.5, 0.6) is 0 Å². The van der Waals surface area contributed by atoms with Crippen LogP contribution in [0.3, 0.4) is 0 Å². The van der Waals surface area contributed by atoms with Crippen molar-refractivity contribution in [3.05, 3.63) is 71.3 Å². The standard InChI is InChI=1S/C19H23N3O.ClH/c20-10-17-12-22(13-18(17)15-4-2-1-3-5-15)11-14-6-8-16(9-7-14)19(21)23;/h1-9,17-18H,10-13,20H2,(H2,21,23);1H/t17-,18+;/m1./s1. The summed E-state index contributed by atoms with van der Waals surface area (Å²) in [7, 11) is 0. The molecule has 1 aliphatic heterocycles. The number of hydrogen-bond acceptors (Lipinski definition) is 3. The van der Waals surface area contributed by atoms with E-state index in [0.717, 1.165) is 19.6 Å². The van der Waals surface area contributed by atoms with Crippen LogP contribution in [0.15, 0.2) is 54.6 Å². The lowest BCUT2D eigenvalue weighted by molar-refractivity contribution is 0.100. The first-order valence-corrected chi connectivity index (χ1v) is 8.03. The van der Waals surface area contributed by atoms with Crippen molar-refractivity contribution in [2.24, 2.45) is 17.4 Å². The zero-order valence-corrected chi connectivity index (χ0v) is 14.4. The maximum Gasteiger partial charge on any atom is 0.248 e. The molecular weight excluding hydrogens is 322 g/mol. The first-order valence-electron chi connectivity index (χ1n) is 8.03. The van der Waals surface area contributed by atoms with Crippen LogP contribution in [0.1, 0.15) is 27.4 Å². The van der Waals surface area contributed by atoms with Crippen LogP contribution in [0.4, 0.5) is 0 Å². The normalized spacial score (nSPS) is 20.5. The maximum atomic E-state index is 11.1. The third-order valence-corrected chi connectivity index (χ3v) is 4.69. The van der Waals surface area contributed by atoms with Crippen molar-refractivity contribution < 1.29 is 4.79 Å². The molecule has 0 aliphatic carbocycles. The first-order chi connectivity index (χ1) is 11.2. The Kier molecular flexibility index (Phi) is 6.37. The Morgan fingerprint density at radius 1 is 1.04 bits per heavy atom. The van der Waals surface area contributed by atoms with E-state index < -0.39 is 0 Å². The summed E-state index contributed by atoms with van der Waals surface area (Å²) in [5, 5.41) is 0. The van der Waals surface area contributed by atoms with Crippen molar-refractivity contribution in [1.29, 1.82) is 0 Å². The number of carbonyl (C=O) groups excluding carboxylic acids is 1. The van der Waals surface area contributed by atoms with Gasteiger partial charge in [-0.15, -0.1) is 12.4 Å². The van der Waals surface area contributed by atoms with Gasteiger partial charge in [0.2, 0.25) is 5.91 Å². The molecule has 0 aromatic heterocycles. The largest absolute Gasteiger partial charge is 0.366 e. The van der Waals surface area contributed by atoms with Crippen LogP contribution >= 0.6 is 12.4 Å². The molecule has 4 N–H and O–H groups in total. The summed E-state index contributed by atoms with van der Waals surface area (Å²) in [4.78, 5) is 13.6. The van der Waals surface area contributed by atoms with Crippen LogP contribution in [-0.2, 0) is 6.54 Å². The fourth-order valence-electron chi connectivity index (χ4n) is 3.44. The number of nitrogens with zero attached hydrogens (tertiary/aromatic N) is 1. The third-order valence-electron chi connectivity index (χ3n) is 4.69. The summed E-state index contributed by atoms with van der Waals surface area (Å²) in [6.45, 7) is 3.60. The van der Waals surface area contributed by atoms with Crippen molar-refractivity contribution >= 4 is 18.3 Å². The van der Waals surface area contributed by atoms with Crippen molar-refractivity contribution in [1.82, 2.24) is 4.90 Å². The molecule has 0 saturated carbocycles. The van der Waals surface area contributed by atoms with Crippen molar-refractivity contribution in [3.63, 3.8) is 0 Å². The Bertz CT molecular complexity index is 660. The van der Waals surface area contributed by atoms with Crippen LogP contribution in [0.2, 0.25) is 0 Å². The number of primary amides is 1. The molecule has 3 rings (SSSR count). The van der Waals surface area contributed by atoms with Gasteiger partial charge in [0.1, 0.15) is 0 Å². The highest BCUT2D eigenvalue weighted by atomic mass is 35.5. The quantitative estimate of drug-likeness (QED) is 0.873. The number of likely N-dealkylation sites (tertiary alicyclic amines) is 1. The second-order valence-corrected chi connectivity index (χ2v) is 6.27. The lowest BCUT2D eigenvalue weighted by Gasteiger charge is -2.17. The van der Waals surface area contributed by atoms with E-state index in [1.165, 1.54) is 11.1 Å². The number of hydrogen-bond donors (Lipinski definition) is 2. The van der Waals surface area contributed by atoms with Crippen molar-refractivity contribution in [2.75, 3.05) is 19.6 Å². The predicted molar refractivity (Wildman–Crippen MR) is 99.2 cm³/mol. The molecule has 2 aromatic carbocycles. The van der Waals surface area contributed by atoms with E-state index >= 15 is 0 Å². The Labute approximate surface area is 149 Å². The Balaban J connectivity index is 0.00000208. The van der Waals surface area contributed by atoms with Crippen LogP contribution < -0.4 is 11.5 Å². The molecule has 128 valence electrons. The van der Waals surface area contributed by atoms with E-state index in [1.807, 2.05) is 18.2 Å². The van der Waals surface area contributed by atoms with E-state index in [0.29, 0.717) is 23.9 Å². The molecule has 2 atom stereocenters. The van der Waals surface area contributed by atoms with Gasteiger partial charge < -0.3 is 11.5 Å². The van der Waals surface area contributed by atoms with Gasteiger partial charge in [0.15, 0.2) is 0 Å². The Morgan fingerprint density at radius 3 is 2.29 bits per heavy atom. The van der Waals surface area contributed by atoms with Gasteiger partial charge in [0, 0.05) is 31.1 Å². The molecule has 0 unspecified atom stereocenters. The summed E-state index contributed by atoms with van der Waals surface area (Å²) < 4.78 is 0. The maximum absolute atomic E-state index is 11.1. The second-order valence-electron chi connectivity index (χ2n) is 6.27. The number of nitrogens with two attached hydrogens (primary N) is 2. The third kappa shape index (κ3) is 4.15. The van der Waals surface area contributed by atoms with Gasteiger partial charge in [-0.1, -0.05) is 42.5 Å². The smallest absolute Gasteiger partial charge is 0.248 e. The number of rotatable bonds is 5. The monoisotopic (exact) mass is 345 g/mol. The molecule has 0 bridgehead atoms. The average molecular weight is 346 g/mol. The highest BCUT2D eigenvalue weighted by Gasteiger charge is 2.32. The van der Waals surface area contributed by atoms with E-state index in [2.05, 4.69) is 29.2 Å². The van der Waals surface area contributed by atoms with E-state index in [-0.39, 0.29) is 18.3 Å². The Morgan fingerprint density at radius 2 is 1.71 bits per heavy atom. The minimum Gasteiger partial charge on any atom is -0.366 e. The van der Waals surface area contributed by atoms with Gasteiger partial charge in [-0.25, -0.2) is 0 Å². The van der Waals surface area contributed by atoms with Gasteiger partial charge in [0.25, 0.3) is 0 Å². The molecule has 24 heavy (non-hydrogen) atoms. The van der Waals surface area contributed by atoms with Gasteiger partial charge in [-0.2, -0.15) is 0 Å². The molecule has 2 aromatic rings. The van der Waals surface area contributed by atoms with Gasteiger partial charge in [-0.05, 0) is 35.7 Å². The summed E-state index contributed by atoms with van der Waals surface area (Å²) in [5.41, 5.74) is 14.4. The fraction of sp³-hybridized carbons (Fsp3) is 0.316.